The lowest BCUT2D eigenvalue weighted by atomic mass is 9.82. The maximum Gasteiger partial charge on any atom is 0.258 e. The Morgan fingerprint density at radius 2 is 1.91 bits per heavy atom. The number of benzene rings is 2. The predicted octanol–water partition coefficient (Wildman–Crippen LogP) is 4.16. The van der Waals surface area contributed by atoms with Gasteiger partial charge in [0.2, 0.25) is 0 Å². The first kappa shape index (κ1) is 25.3. The largest absolute Gasteiger partial charge is 0.484 e. The number of nitrogens with one attached hydrogen (secondary N) is 2. The molecule has 2 aromatic carbocycles. The maximum absolute atomic E-state index is 11.9. The Morgan fingerprint density at radius 3 is 2.61 bits per heavy atom. The lowest BCUT2D eigenvalue weighted by Gasteiger charge is -2.39. The fourth-order valence-electron chi connectivity index (χ4n) is 4.44. The van der Waals surface area contributed by atoms with Crippen LogP contribution in [-0.4, -0.2) is 49.6 Å². The molecule has 1 aliphatic heterocycles. The zero-order chi connectivity index (χ0) is 22.3. The molecule has 0 spiro atoms. The van der Waals surface area contributed by atoms with E-state index in [4.69, 9.17) is 4.74 Å². The van der Waals surface area contributed by atoms with E-state index in [9.17, 15) is 4.79 Å². The summed E-state index contributed by atoms with van der Waals surface area (Å²) in [5, 5.41) is 6.44. The Morgan fingerprint density at radius 1 is 1.12 bits per heavy atom. The highest BCUT2D eigenvalue weighted by atomic mass is 127. The normalized spacial score (nSPS) is 20.5. The maximum atomic E-state index is 11.9. The molecule has 1 heterocycles. The third kappa shape index (κ3) is 7.35. The van der Waals surface area contributed by atoms with Gasteiger partial charge in [0, 0.05) is 32.7 Å². The van der Waals surface area contributed by atoms with E-state index in [-0.39, 0.29) is 36.5 Å². The minimum Gasteiger partial charge on any atom is -0.484 e. The van der Waals surface area contributed by atoms with Crippen LogP contribution in [0, 0.1) is 5.92 Å². The van der Waals surface area contributed by atoms with Crippen LogP contribution in [-0.2, 0) is 11.3 Å². The average Bonchev–Trinajstić information content (AvgIpc) is 3.63. The number of rotatable bonds is 7. The van der Waals surface area contributed by atoms with Gasteiger partial charge in [0.25, 0.3) is 5.91 Å². The second kappa shape index (κ2) is 12.3. The van der Waals surface area contributed by atoms with Gasteiger partial charge in [-0.1, -0.05) is 49.4 Å². The molecule has 0 aromatic heterocycles. The summed E-state index contributed by atoms with van der Waals surface area (Å²) in [6.45, 7) is 5.02. The monoisotopic (exact) mass is 562 g/mol. The standard InChI is InChI=1S/C26H34N4O2.HI/c1-19-17-30(14-13-24(19)21-8-4-3-5-9-21)26(27-2)28-16-20-7-6-10-23(15-20)32-18-25(31)29-22-11-12-22;/h3-10,15,19,22,24H,11-14,16-18H2,1-2H3,(H,27,28)(H,29,31);1H. The number of nitrogens with zero attached hydrogens (tertiary/aromatic N) is 2. The van der Waals surface area contributed by atoms with E-state index in [1.807, 2.05) is 25.2 Å². The van der Waals surface area contributed by atoms with E-state index in [1.165, 1.54) is 5.56 Å². The van der Waals surface area contributed by atoms with Gasteiger partial charge in [0.1, 0.15) is 5.75 Å². The van der Waals surface area contributed by atoms with Crippen molar-refractivity contribution in [1.29, 1.82) is 0 Å². The third-order valence-corrected chi connectivity index (χ3v) is 6.31. The van der Waals surface area contributed by atoms with Crippen LogP contribution in [0.4, 0.5) is 0 Å². The smallest absolute Gasteiger partial charge is 0.258 e. The SMILES string of the molecule is CN=C(NCc1cccc(OCC(=O)NC2CC2)c1)N1CCC(c2ccccc2)C(C)C1.I. The first-order valence-electron chi connectivity index (χ1n) is 11.6. The molecule has 1 saturated heterocycles. The Balaban J connectivity index is 0.00000306. The lowest BCUT2D eigenvalue weighted by Crippen LogP contribution is -2.47. The number of carbonyl (C=O) groups is 1. The molecule has 0 bridgehead atoms. The molecule has 178 valence electrons. The van der Waals surface area contributed by atoms with Crippen molar-refractivity contribution in [2.45, 2.75) is 44.7 Å². The summed E-state index contributed by atoms with van der Waals surface area (Å²) in [4.78, 5) is 18.7. The highest BCUT2D eigenvalue weighted by Crippen LogP contribution is 2.32. The number of carbonyl (C=O) groups excluding carboxylic acids is 1. The molecule has 0 radical (unpaired) electrons. The summed E-state index contributed by atoms with van der Waals surface area (Å²) < 4.78 is 5.67. The molecule has 2 aliphatic rings. The van der Waals surface area contributed by atoms with Gasteiger partial charge in [-0.2, -0.15) is 0 Å². The van der Waals surface area contributed by atoms with Crippen molar-refractivity contribution in [3.8, 4) is 5.75 Å². The second-order valence-corrected chi connectivity index (χ2v) is 8.91. The van der Waals surface area contributed by atoms with Crippen LogP contribution >= 0.6 is 24.0 Å². The molecule has 33 heavy (non-hydrogen) atoms. The Kier molecular flexibility index (Phi) is 9.41. The van der Waals surface area contributed by atoms with Gasteiger partial charge in [0.15, 0.2) is 12.6 Å². The number of aliphatic imine (C=N–C) groups is 1. The summed E-state index contributed by atoms with van der Waals surface area (Å²) >= 11 is 0. The predicted molar refractivity (Wildman–Crippen MR) is 143 cm³/mol. The van der Waals surface area contributed by atoms with Crippen molar-refractivity contribution in [3.05, 3.63) is 65.7 Å². The molecule has 1 aliphatic carbocycles. The molecule has 4 rings (SSSR count). The molecule has 1 saturated carbocycles. The molecular weight excluding hydrogens is 527 g/mol. The molecule has 1 amide bonds. The summed E-state index contributed by atoms with van der Waals surface area (Å²) in [6, 6.07) is 19.1. The zero-order valence-corrected chi connectivity index (χ0v) is 21.8. The van der Waals surface area contributed by atoms with E-state index in [1.54, 1.807) is 0 Å². The van der Waals surface area contributed by atoms with Crippen molar-refractivity contribution in [1.82, 2.24) is 15.5 Å². The van der Waals surface area contributed by atoms with Gasteiger partial charge in [-0.05, 0) is 54.4 Å². The van der Waals surface area contributed by atoms with Gasteiger partial charge < -0.3 is 20.3 Å². The second-order valence-electron chi connectivity index (χ2n) is 8.91. The highest BCUT2D eigenvalue weighted by Gasteiger charge is 2.28. The molecule has 2 fully saturated rings. The van der Waals surface area contributed by atoms with Gasteiger partial charge in [-0.3, -0.25) is 9.79 Å². The van der Waals surface area contributed by atoms with Gasteiger partial charge in [-0.15, -0.1) is 24.0 Å². The molecular formula is C26H35IN4O2. The number of likely N-dealkylation sites (tertiary alicyclic amines) is 1. The number of piperidine rings is 1. The fraction of sp³-hybridized carbons (Fsp3) is 0.462. The third-order valence-electron chi connectivity index (χ3n) is 6.31. The zero-order valence-electron chi connectivity index (χ0n) is 19.5. The first-order chi connectivity index (χ1) is 15.6. The van der Waals surface area contributed by atoms with Crippen LogP contribution in [0.3, 0.4) is 0 Å². The number of halogens is 1. The van der Waals surface area contributed by atoms with Gasteiger partial charge in [0.05, 0.1) is 0 Å². The van der Waals surface area contributed by atoms with E-state index >= 15 is 0 Å². The van der Waals surface area contributed by atoms with Crippen LogP contribution in [0.2, 0.25) is 0 Å². The minimum atomic E-state index is -0.0514. The van der Waals surface area contributed by atoms with Crippen molar-refractivity contribution < 1.29 is 9.53 Å². The van der Waals surface area contributed by atoms with E-state index in [2.05, 4.69) is 63.8 Å². The van der Waals surface area contributed by atoms with Crippen molar-refractivity contribution in [2.75, 3.05) is 26.7 Å². The van der Waals surface area contributed by atoms with Gasteiger partial charge >= 0.3 is 0 Å². The fourth-order valence-corrected chi connectivity index (χ4v) is 4.44. The van der Waals surface area contributed by atoms with Crippen LogP contribution < -0.4 is 15.4 Å². The molecule has 2 unspecified atom stereocenters. The Bertz CT molecular complexity index is 933. The van der Waals surface area contributed by atoms with Crippen molar-refractivity contribution in [3.63, 3.8) is 0 Å². The summed E-state index contributed by atoms with van der Waals surface area (Å²) in [5.41, 5.74) is 2.53. The quantitative estimate of drug-likeness (QED) is 0.302. The lowest BCUT2D eigenvalue weighted by molar-refractivity contribution is -0.123. The summed E-state index contributed by atoms with van der Waals surface area (Å²) in [7, 11) is 1.84. The Labute approximate surface area is 214 Å². The van der Waals surface area contributed by atoms with Crippen LogP contribution in [0.15, 0.2) is 59.6 Å². The van der Waals surface area contributed by atoms with E-state index in [0.717, 1.165) is 43.9 Å². The first-order valence-corrected chi connectivity index (χ1v) is 11.6. The number of ether oxygens (including phenoxy) is 1. The van der Waals surface area contributed by atoms with Gasteiger partial charge in [-0.25, -0.2) is 0 Å². The number of guanidine groups is 1. The van der Waals surface area contributed by atoms with Crippen molar-refractivity contribution in [2.24, 2.45) is 10.9 Å². The summed E-state index contributed by atoms with van der Waals surface area (Å²) in [6.07, 6.45) is 3.28. The molecule has 6 nitrogen and oxygen atoms in total. The Hall–Kier alpha value is -2.29. The van der Waals surface area contributed by atoms with Crippen LogP contribution in [0.5, 0.6) is 5.75 Å². The number of amides is 1. The molecule has 2 aromatic rings. The molecule has 2 N–H and O–H groups in total. The molecule has 2 atom stereocenters. The molecule has 7 heteroatoms. The topological polar surface area (TPSA) is 66.0 Å². The van der Waals surface area contributed by atoms with Crippen LogP contribution in [0.25, 0.3) is 0 Å². The highest BCUT2D eigenvalue weighted by molar-refractivity contribution is 14.0. The summed E-state index contributed by atoms with van der Waals surface area (Å²) in [5.74, 6) is 2.74. The minimum absolute atomic E-state index is 0. The van der Waals surface area contributed by atoms with Crippen LogP contribution in [0.1, 0.15) is 43.2 Å². The van der Waals surface area contributed by atoms with E-state index < -0.39 is 0 Å². The number of hydrogen-bond donors (Lipinski definition) is 2. The van der Waals surface area contributed by atoms with Crippen molar-refractivity contribution >= 4 is 35.8 Å². The number of hydrogen-bond acceptors (Lipinski definition) is 3. The average molecular weight is 562 g/mol. The van der Waals surface area contributed by atoms with E-state index in [0.29, 0.717) is 30.2 Å².